The molecule has 0 aliphatic carbocycles. The van der Waals surface area contributed by atoms with Gasteiger partial charge in [0.15, 0.2) is 0 Å². The maximum atomic E-state index is 12.9. The molecule has 3 aromatic rings. The highest BCUT2D eigenvalue weighted by Crippen LogP contribution is 2.23. The van der Waals surface area contributed by atoms with E-state index in [1.165, 1.54) is 11.4 Å². The highest BCUT2D eigenvalue weighted by Gasteiger charge is 2.22. The minimum atomic E-state index is -3.70. The number of benzene rings is 3. The molecule has 0 aliphatic heterocycles. The van der Waals surface area contributed by atoms with Crippen molar-refractivity contribution in [3.63, 3.8) is 0 Å². The number of rotatable bonds is 6. The van der Waals surface area contributed by atoms with Gasteiger partial charge in [0, 0.05) is 26.2 Å². The Bertz CT molecular complexity index is 1110. The van der Waals surface area contributed by atoms with Crippen molar-refractivity contribution in [2.45, 2.75) is 18.4 Å². The van der Waals surface area contributed by atoms with Crippen molar-refractivity contribution >= 4 is 21.6 Å². The topological polar surface area (TPSA) is 57.7 Å². The van der Waals surface area contributed by atoms with E-state index < -0.39 is 10.0 Å². The minimum Gasteiger partial charge on any atom is -0.337 e. The van der Waals surface area contributed by atoms with Crippen LogP contribution in [0.25, 0.3) is 0 Å². The monoisotopic (exact) mass is 408 g/mol. The van der Waals surface area contributed by atoms with Gasteiger partial charge in [0.2, 0.25) is 0 Å². The molecule has 0 saturated carbocycles. The number of carbonyl (C=O) groups excluding carboxylic acids is 1. The fourth-order valence-electron chi connectivity index (χ4n) is 3.10. The third-order valence-corrected chi connectivity index (χ3v) is 6.51. The van der Waals surface area contributed by atoms with Gasteiger partial charge < -0.3 is 4.90 Å². The largest absolute Gasteiger partial charge is 0.337 e. The summed E-state index contributed by atoms with van der Waals surface area (Å²) in [7, 11) is -0.473. The van der Waals surface area contributed by atoms with Crippen LogP contribution in [0.5, 0.6) is 0 Å². The summed E-state index contributed by atoms with van der Waals surface area (Å²) in [6.45, 7) is 2.49. The maximum Gasteiger partial charge on any atom is 0.264 e. The first-order valence-corrected chi connectivity index (χ1v) is 10.7. The second-order valence-electron chi connectivity index (χ2n) is 6.99. The number of nitrogens with zero attached hydrogens (tertiary/aromatic N) is 2. The number of amides is 1. The summed E-state index contributed by atoms with van der Waals surface area (Å²) >= 11 is 0. The molecule has 3 rings (SSSR count). The molecule has 0 spiro atoms. The Morgan fingerprint density at radius 2 is 1.55 bits per heavy atom. The standard InChI is InChI=1S/C23H24N2O3S/c1-18-9-7-10-19(15-18)17-24(2)23(26)20-11-8-12-21(16-20)25(3)29(27,28)22-13-5-4-6-14-22/h4-16H,17H2,1-3H3. The zero-order valence-electron chi connectivity index (χ0n) is 16.7. The quantitative estimate of drug-likeness (QED) is 0.617. The second kappa shape index (κ2) is 8.49. The maximum absolute atomic E-state index is 12.9. The van der Waals surface area contributed by atoms with Crippen molar-refractivity contribution in [2.24, 2.45) is 0 Å². The fourth-order valence-corrected chi connectivity index (χ4v) is 4.31. The number of carbonyl (C=O) groups is 1. The predicted octanol–water partition coefficient (Wildman–Crippen LogP) is 4.09. The van der Waals surface area contributed by atoms with Crippen molar-refractivity contribution in [3.8, 4) is 0 Å². The van der Waals surface area contributed by atoms with Crippen molar-refractivity contribution in [1.82, 2.24) is 4.90 Å². The van der Waals surface area contributed by atoms with Gasteiger partial charge in [0.25, 0.3) is 15.9 Å². The fraction of sp³-hybridized carbons (Fsp3) is 0.174. The molecule has 0 heterocycles. The van der Waals surface area contributed by atoms with E-state index in [1.807, 2.05) is 31.2 Å². The molecule has 0 N–H and O–H groups in total. The molecule has 0 aromatic heterocycles. The van der Waals surface area contributed by atoms with Gasteiger partial charge in [-0.05, 0) is 42.8 Å². The third kappa shape index (κ3) is 4.66. The smallest absolute Gasteiger partial charge is 0.264 e. The van der Waals surface area contributed by atoms with Crippen LogP contribution in [-0.4, -0.2) is 33.3 Å². The van der Waals surface area contributed by atoms with Crippen molar-refractivity contribution < 1.29 is 13.2 Å². The second-order valence-corrected chi connectivity index (χ2v) is 8.96. The van der Waals surface area contributed by atoms with Crippen LogP contribution in [0.1, 0.15) is 21.5 Å². The van der Waals surface area contributed by atoms with Crippen LogP contribution in [0.15, 0.2) is 83.8 Å². The van der Waals surface area contributed by atoms with E-state index in [0.717, 1.165) is 11.1 Å². The highest BCUT2D eigenvalue weighted by molar-refractivity contribution is 7.92. The Kier molecular flexibility index (Phi) is 6.03. The van der Waals surface area contributed by atoms with Crippen LogP contribution >= 0.6 is 0 Å². The summed E-state index contributed by atoms with van der Waals surface area (Å²) in [4.78, 5) is 14.7. The summed E-state index contributed by atoms with van der Waals surface area (Å²) in [6.07, 6.45) is 0. The van der Waals surface area contributed by atoms with Crippen molar-refractivity contribution in [3.05, 3.63) is 95.6 Å². The predicted molar refractivity (Wildman–Crippen MR) is 115 cm³/mol. The number of sulfonamides is 1. The van der Waals surface area contributed by atoms with Crippen LogP contribution < -0.4 is 4.31 Å². The molecule has 0 bridgehead atoms. The lowest BCUT2D eigenvalue weighted by Gasteiger charge is -2.21. The molecule has 0 aliphatic rings. The molecule has 0 unspecified atom stereocenters. The normalized spacial score (nSPS) is 11.1. The molecule has 0 saturated heterocycles. The molecule has 29 heavy (non-hydrogen) atoms. The minimum absolute atomic E-state index is 0.168. The molecule has 150 valence electrons. The van der Waals surface area contributed by atoms with Gasteiger partial charge in [-0.15, -0.1) is 0 Å². The van der Waals surface area contributed by atoms with E-state index >= 15 is 0 Å². The highest BCUT2D eigenvalue weighted by atomic mass is 32.2. The van der Waals surface area contributed by atoms with Gasteiger partial charge >= 0.3 is 0 Å². The lowest BCUT2D eigenvalue weighted by atomic mass is 10.1. The molecule has 5 nitrogen and oxygen atoms in total. The lowest BCUT2D eigenvalue weighted by Crippen LogP contribution is -2.28. The average Bonchev–Trinajstić information content (AvgIpc) is 2.73. The zero-order valence-corrected chi connectivity index (χ0v) is 17.6. The first-order valence-electron chi connectivity index (χ1n) is 9.24. The molecule has 1 amide bonds. The number of aryl methyl sites for hydroxylation is 1. The van der Waals surface area contributed by atoms with Crippen LogP contribution in [0.4, 0.5) is 5.69 Å². The zero-order chi connectivity index (χ0) is 21.0. The Hall–Kier alpha value is -3.12. The van der Waals surface area contributed by atoms with Gasteiger partial charge in [-0.2, -0.15) is 0 Å². The van der Waals surface area contributed by atoms with E-state index in [2.05, 4.69) is 0 Å². The van der Waals surface area contributed by atoms with Crippen molar-refractivity contribution in [1.29, 1.82) is 0 Å². The van der Waals surface area contributed by atoms with Gasteiger partial charge in [-0.3, -0.25) is 9.10 Å². The van der Waals surface area contributed by atoms with Crippen LogP contribution in [-0.2, 0) is 16.6 Å². The molecule has 6 heteroatoms. The molecule has 0 fully saturated rings. The lowest BCUT2D eigenvalue weighted by molar-refractivity contribution is 0.0785. The summed E-state index contributed by atoms with van der Waals surface area (Å²) in [5.41, 5.74) is 3.05. The Labute approximate surface area is 172 Å². The van der Waals surface area contributed by atoms with Crippen LogP contribution in [0.2, 0.25) is 0 Å². The number of hydrogen-bond donors (Lipinski definition) is 0. The van der Waals surface area contributed by atoms with E-state index in [4.69, 9.17) is 0 Å². The number of anilines is 1. The molecule has 0 atom stereocenters. The molecule has 0 radical (unpaired) electrons. The Morgan fingerprint density at radius 1 is 0.862 bits per heavy atom. The third-order valence-electron chi connectivity index (χ3n) is 4.71. The van der Waals surface area contributed by atoms with Gasteiger partial charge in [-0.1, -0.05) is 54.1 Å². The van der Waals surface area contributed by atoms with Gasteiger partial charge in [0.05, 0.1) is 10.6 Å². The molecule has 3 aromatic carbocycles. The van der Waals surface area contributed by atoms with E-state index in [-0.39, 0.29) is 10.8 Å². The van der Waals surface area contributed by atoms with Gasteiger partial charge in [0.1, 0.15) is 0 Å². The van der Waals surface area contributed by atoms with E-state index in [0.29, 0.717) is 17.8 Å². The SMILES string of the molecule is Cc1cccc(CN(C)C(=O)c2cccc(N(C)S(=O)(=O)c3ccccc3)c2)c1. The summed E-state index contributed by atoms with van der Waals surface area (Å²) < 4.78 is 26.9. The molecular weight excluding hydrogens is 384 g/mol. The molecular formula is C23H24N2O3S. The number of hydrogen-bond acceptors (Lipinski definition) is 3. The van der Waals surface area contributed by atoms with E-state index in [1.54, 1.807) is 66.5 Å². The first kappa shape index (κ1) is 20.6. The van der Waals surface area contributed by atoms with Crippen LogP contribution in [0.3, 0.4) is 0 Å². The summed E-state index contributed by atoms with van der Waals surface area (Å²) in [6, 6.07) is 22.9. The summed E-state index contributed by atoms with van der Waals surface area (Å²) in [5.74, 6) is -0.168. The first-order chi connectivity index (χ1) is 13.8. The Balaban J connectivity index is 1.82. The van der Waals surface area contributed by atoms with Crippen molar-refractivity contribution in [2.75, 3.05) is 18.4 Å². The van der Waals surface area contributed by atoms with E-state index in [9.17, 15) is 13.2 Å². The average molecular weight is 409 g/mol. The Morgan fingerprint density at radius 3 is 2.24 bits per heavy atom. The summed E-state index contributed by atoms with van der Waals surface area (Å²) in [5, 5.41) is 0. The van der Waals surface area contributed by atoms with Gasteiger partial charge in [-0.25, -0.2) is 8.42 Å². The van der Waals surface area contributed by atoms with Crippen LogP contribution in [0, 0.1) is 6.92 Å².